The van der Waals surface area contributed by atoms with Crippen LogP contribution in [0.15, 0.2) is 42.5 Å². The average molecular weight is 352 g/mol. The molecule has 0 unspecified atom stereocenters. The summed E-state index contributed by atoms with van der Waals surface area (Å²) in [5.74, 6) is -0.914. The van der Waals surface area contributed by atoms with E-state index in [1.165, 1.54) is 0 Å². The van der Waals surface area contributed by atoms with Crippen molar-refractivity contribution in [2.75, 3.05) is 6.54 Å². The highest BCUT2D eigenvalue weighted by molar-refractivity contribution is 6.42. The van der Waals surface area contributed by atoms with Gasteiger partial charge in [-0.3, -0.25) is 0 Å². The number of hydrogen-bond acceptors (Lipinski definition) is 2. The molecule has 0 amide bonds. The SMILES string of the molecule is CC(C)(CNCc1cccc(C(=O)O)c1)c1ccc(Cl)c(Cl)c1. The molecule has 0 aliphatic heterocycles. The Morgan fingerprint density at radius 1 is 1.13 bits per heavy atom. The zero-order valence-corrected chi connectivity index (χ0v) is 14.6. The Balaban J connectivity index is 2.00. The molecule has 0 atom stereocenters. The summed E-state index contributed by atoms with van der Waals surface area (Å²) in [5, 5.41) is 13.5. The van der Waals surface area contributed by atoms with Gasteiger partial charge in [-0.05, 0) is 35.4 Å². The van der Waals surface area contributed by atoms with Gasteiger partial charge in [-0.15, -0.1) is 0 Å². The molecule has 0 heterocycles. The van der Waals surface area contributed by atoms with Crippen LogP contribution in [0.25, 0.3) is 0 Å². The van der Waals surface area contributed by atoms with E-state index in [1.807, 2.05) is 18.2 Å². The zero-order chi connectivity index (χ0) is 17.0. The molecule has 0 aliphatic rings. The average Bonchev–Trinajstić information content (AvgIpc) is 2.50. The second-order valence-electron chi connectivity index (χ2n) is 6.12. The monoisotopic (exact) mass is 351 g/mol. The summed E-state index contributed by atoms with van der Waals surface area (Å²) < 4.78 is 0. The minimum absolute atomic E-state index is 0.126. The van der Waals surface area contributed by atoms with Crippen LogP contribution in [0, 0.1) is 0 Å². The van der Waals surface area contributed by atoms with Gasteiger partial charge in [-0.1, -0.05) is 55.2 Å². The van der Waals surface area contributed by atoms with Gasteiger partial charge < -0.3 is 10.4 Å². The number of benzene rings is 2. The van der Waals surface area contributed by atoms with E-state index in [0.717, 1.165) is 17.7 Å². The molecule has 0 bridgehead atoms. The van der Waals surface area contributed by atoms with Crippen LogP contribution < -0.4 is 5.32 Å². The number of nitrogens with one attached hydrogen (secondary N) is 1. The van der Waals surface area contributed by atoms with Gasteiger partial charge in [0.05, 0.1) is 15.6 Å². The molecule has 0 saturated carbocycles. The van der Waals surface area contributed by atoms with Crippen LogP contribution in [-0.4, -0.2) is 17.6 Å². The molecular formula is C18H19Cl2NO2. The van der Waals surface area contributed by atoms with Crippen molar-refractivity contribution in [1.82, 2.24) is 5.32 Å². The van der Waals surface area contributed by atoms with E-state index in [4.69, 9.17) is 28.3 Å². The summed E-state index contributed by atoms with van der Waals surface area (Å²) in [4.78, 5) is 11.0. The van der Waals surface area contributed by atoms with Gasteiger partial charge in [0, 0.05) is 18.5 Å². The topological polar surface area (TPSA) is 49.3 Å². The Labute approximate surface area is 146 Å². The fraction of sp³-hybridized carbons (Fsp3) is 0.278. The maximum atomic E-state index is 11.0. The van der Waals surface area contributed by atoms with Crippen LogP contribution in [0.5, 0.6) is 0 Å². The minimum Gasteiger partial charge on any atom is -0.478 e. The van der Waals surface area contributed by atoms with Crippen LogP contribution in [-0.2, 0) is 12.0 Å². The van der Waals surface area contributed by atoms with Gasteiger partial charge in [-0.25, -0.2) is 4.79 Å². The summed E-state index contributed by atoms with van der Waals surface area (Å²) in [6.07, 6.45) is 0. The molecule has 2 aromatic carbocycles. The number of halogens is 2. The number of carbonyl (C=O) groups is 1. The van der Waals surface area contributed by atoms with E-state index in [1.54, 1.807) is 24.3 Å². The van der Waals surface area contributed by atoms with Crippen LogP contribution in [0.4, 0.5) is 0 Å². The molecule has 23 heavy (non-hydrogen) atoms. The lowest BCUT2D eigenvalue weighted by Gasteiger charge is -2.26. The largest absolute Gasteiger partial charge is 0.478 e. The van der Waals surface area contributed by atoms with E-state index in [9.17, 15) is 4.79 Å². The molecule has 122 valence electrons. The van der Waals surface area contributed by atoms with Crippen LogP contribution in [0.3, 0.4) is 0 Å². The summed E-state index contributed by atoms with van der Waals surface area (Å²) >= 11 is 12.0. The van der Waals surface area contributed by atoms with Gasteiger partial charge >= 0.3 is 5.97 Å². The Bertz CT molecular complexity index is 714. The molecule has 2 N–H and O–H groups in total. The summed E-state index contributed by atoms with van der Waals surface area (Å²) in [7, 11) is 0. The first kappa shape index (κ1) is 17.8. The quantitative estimate of drug-likeness (QED) is 0.788. The van der Waals surface area contributed by atoms with E-state index >= 15 is 0 Å². The summed E-state index contributed by atoms with van der Waals surface area (Å²) in [6.45, 7) is 5.56. The lowest BCUT2D eigenvalue weighted by atomic mass is 9.84. The molecule has 0 aromatic heterocycles. The first-order valence-electron chi connectivity index (χ1n) is 7.28. The number of carboxylic acids is 1. The van der Waals surface area contributed by atoms with Crippen molar-refractivity contribution in [2.24, 2.45) is 0 Å². The van der Waals surface area contributed by atoms with Crippen molar-refractivity contribution >= 4 is 29.2 Å². The van der Waals surface area contributed by atoms with Gasteiger partial charge in [0.15, 0.2) is 0 Å². The Morgan fingerprint density at radius 3 is 2.52 bits per heavy atom. The number of carboxylic acid groups (broad SMARTS) is 1. The van der Waals surface area contributed by atoms with Gasteiger partial charge in [0.1, 0.15) is 0 Å². The zero-order valence-electron chi connectivity index (χ0n) is 13.1. The fourth-order valence-corrected chi connectivity index (χ4v) is 2.65. The molecule has 0 spiro atoms. The molecule has 5 heteroatoms. The van der Waals surface area contributed by atoms with Gasteiger partial charge in [0.2, 0.25) is 0 Å². The molecule has 0 radical (unpaired) electrons. The van der Waals surface area contributed by atoms with Crippen LogP contribution in [0.1, 0.15) is 35.3 Å². The Kier molecular flexibility index (Phi) is 5.69. The van der Waals surface area contributed by atoms with Gasteiger partial charge in [-0.2, -0.15) is 0 Å². The lowest BCUT2D eigenvalue weighted by molar-refractivity contribution is 0.0696. The predicted octanol–water partition coefficient (Wildman–Crippen LogP) is 4.76. The van der Waals surface area contributed by atoms with Crippen molar-refractivity contribution in [2.45, 2.75) is 25.8 Å². The third kappa shape index (κ3) is 4.71. The van der Waals surface area contributed by atoms with Crippen molar-refractivity contribution < 1.29 is 9.90 Å². The molecule has 2 aromatic rings. The molecule has 0 saturated heterocycles. The first-order chi connectivity index (χ1) is 10.8. The molecule has 0 aliphatic carbocycles. The highest BCUT2D eigenvalue weighted by Gasteiger charge is 2.21. The third-order valence-corrected chi connectivity index (χ3v) is 4.51. The highest BCUT2D eigenvalue weighted by Crippen LogP contribution is 2.29. The molecule has 3 nitrogen and oxygen atoms in total. The number of hydrogen-bond donors (Lipinski definition) is 2. The van der Waals surface area contributed by atoms with Crippen LogP contribution in [0.2, 0.25) is 10.0 Å². The second kappa shape index (κ2) is 7.35. The maximum Gasteiger partial charge on any atom is 0.335 e. The van der Waals surface area contributed by atoms with Crippen molar-refractivity contribution in [3.63, 3.8) is 0 Å². The smallest absolute Gasteiger partial charge is 0.335 e. The molecule has 2 rings (SSSR count). The number of rotatable bonds is 6. The van der Waals surface area contributed by atoms with E-state index in [-0.39, 0.29) is 5.41 Å². The fourth-order valence-electron chi connectivity index (χ4n) is 2.35. The van der Waals surface area contributed by atoms with E-state index in [0.29, 0.717) is 22.2 Å². The third-order valence-electron chi connectivity index (χ3n) is 3.77. The van der Waals surface area contributed by atoms with Gasteiger partial charge in [0.25, 0.3) is 0 Å². The first-order valence-corrected chi connectivity index (χ1v) is 8.04. The predicted molar refractivity (Wildman–Crippen MR) is 94.6 cm³/mol. The minimum atomic E-state index is -0.914. The van der Waals surface area contributed by atoms with Crippen molar-refractivity contribution in [1.29, 1.82) is 0 Å². The van der Waals surface area contributed by atoms with Crippen molar-refractivity contribution in [3.8, 4) is 0 Å². The van der Waals surface area contributed by atoms with E-state index < -0.39 is 5.97 Å². The Hall–Kier alpha value is -1.55. The maximum absolute atomic E-state index is 11.0. The lowest BCUT2D eigenvalue weighted by Crippen LogP contribution is -2.32. The highest BCUT2D eigenvalue weighted by atomic mass is 35.5. The molecular weight excluding hydrogens is 333 g/mol. The standard InChI is InChI=1S/C18H19Cl2NO2/c1-18(2,14-6-7-15(19)16(20)9-14)11-21-10-12-4-3-5-13(8-12)17(22)23/h3-9,21H,10-11H2,1-2H3,(H,22,23). The van der Waals surface area contributed by atoms with Crippen LogP contribution >= 0.6 is 23.2 Å². The van der Waals surface area contributed by atoms with E-state index in [2.05, 4.69) is 19.2 Å². The number of aromatic carboxylic acids is 1. The summed E-state index contributed by atoms with van der Waals surface area (Å²) in [5.41, 5.74) is 2.21. The normalized spacial score (nSPS) is 11.5. The molecule has 0 fully saturated rings. The van der Waals surface area contributed by atoms with Crippen molar-refractivity contribution in [3.05, 3.63) is 69.2 Å². The second-order valence-corrected chi connectivity index (χ2v) is 6.94. The Morgan fingerprint density at radius 2 is 1.87 bits per heavy atom. The summed E-state index contributed by atoms with van der Waals surface area (Å²) in [6, 6.07) is 12.6.